The van der Waals surface area contributed by atoms with Crippen LogP contribution in [0.25, 0.3) is 0 Å². The maximum Gasteiger partial charge on any atom is 0.314 e. The molecule has 0 atom stereocenters. The quantitative estimate of drug-likeness (QED) is 0.821. The highest BCUT2D eigenvalue weighted by Gasteiger charge is 2.21. The number of carbonyl (C=O) groups is 2. The van der Waals surface area contributed by atoms with Crippen molar-refractivity contribution < 1.29 is 18.4 Å². The van der Waals surface area contributed by atoms with E-state index < -0.39 is 23.4 Å². The third kappa shape index (κ3) is 4.16. The predicted molar refractivity (Wildman–Crippen MR) is 88.8 cm³/mol. The van der Waals surface area contributed by atoms with Crippen LogP contribution in [0.5, 0.6) is 0 Å². The highest BCUT2D eigenvalue weighted by Crippen LogP contribution is 2.29. The number of rotatable bonds is 2. The van der Waals surface area contributed by atoms with Gasteiger partial charge in [-0.3, -0.25) is 9.59 Å². The molecule has 0 bridgehead atoms. The van der Waals surface area contributed by atoms with E-state index in [0.29, 0.717) is 5.69 Å². The lowest BCUT2D eigenvalue weighted by molar-refractivity contribution is -0.133. The molecule has 2 aromatic carbocycles. The smallest absolute Gasteiger partial charge is 0.314 e. The van der Waals surface area contributed by atoms with Crippen molar-refractivity contribution in [3.05, 3.63) is 59.7 Å². The third-order valence-corrected chi connectivity index (χ3v) is 3.37. The Kier molecular flexibility index (Phi) is 4.97. The van der Waals surface area contributed by atoms with Gasteiger partial charge in [0.25, 0.3) is 0 Å². The summed E-state index contributed by atoms with van der Waals surface area (Å²) < 4.78 is 26.0. The van der Waals surface area contributed by atoms with Crippen LogP contribution in [0.15, 0.2) is 42.5 Å². The summed E-state index contributed by atoms with van der Waals surface area (Å²) in [5.41, 5.74) is 1.17. The summed E-state index contributed by atoms with van der Waals surface area (Å²) in [6.45, 7) is 5.96. The summed E-state index contributed by atoms with van der Waals surface area (Å²) >= 11 is 0. The largest absolute Gasteiger partial charge is 0.318 e. The van der Waals surface area contributed by atoms with Crippen LogP contribution in [0, 0.1) is 11.6 Å². The Morgan fingerprint density at radius 1 is 0.875 bits per heavy atom. The second-order valence-electron chi connectivity index (χ2n) is 6.33. The molecule has 0 aliphatic heterocycles. The van der Waals surface area contributed by atoms with Crippen molar-refractivity contribution in [2.75, 3.05) is 10.6 Å². The van der Waals surface area contributed by atoms with E-state index >= 15 is 0 Å². The van der Waals surface area contributed by atoms with Crippen molar-refractivity contribution in [3.8, 4) is 0 Å². The van der Waals surface area contributed by atoms with E-state index in [0.717, 1.165) is 17.7 Å². The van der Waals surface area contributed by atoms with Crippen LogP contribution in [0.2, 0.25) is 0 Å². The van der Waals surface area contributed by atoms with E-state index in [4.69, 9.17) is 0 Å². The van der Waals surface area contributed by atoms with Gasteiger partial charge in [0.15, 0.2) is 11.6 Å². The molecule has 0 heterocycles. The number of anilines is 2. The average Bonchev–Trinajstić information content (AvgIpc) is 2.50. The lowest BCUT2D eigenvalue weighted by Gasteiger charge is -2.22. The first-order valence-electron chi connectivity index (χ1n) is 7.35. The second-order valence-corrected chi connectivity index (χ2v) is 6.33. The first-order chi connectivity index (χ1) is 11.2. The predicted octanol–water partition coefficient (Wildman–Crippen LogP) is 3.84. The number of benzene rings is 2. The number of para-hydroxylation sites is 1. The molecule has 0 unspecified atom stereocenters. The number of hydrogen-bond donors (Lipinski definition) is 2. The van der Waals surface area contributed by atoms with Crippen molar-refractivity contribution in [1.29, 1.82) is 0 Å². The Balaban J connectivity index is 2.12. The van der Waals surface area contributed by atoms with Gasteiger partial charge in [-0.15, -0.1) is 0 Å². The molecule has 0 saturated heterocycles. The molecule has 0 aliphatic carbocycles. The Morgan fingerprint density at radius 3 is 2.12 bits per heavy atom. The molecule has 2 rings (SSSR count). The molecule has 24 heavy (non-hydrogen) atoms. The van der Waals surface area contributed by atoms with E-state index in [1.54, 1.807) is 12.1 Å². The van der Waals surface area contributed by atoms with Gasteiger partial charge in [-0.25, -0.2) is 8.78 Å². The summed E-state index contributed by atoms with van der Waals surface area (Å²) in [4.78, 5) is 24.0. The normalized spacial score (nSPS) is 11.0. The molecule has 0 spiro atoms. The monoisotopic (exact) mass is 332 g/mol. The standard InChI is InChI=1S/C18H18F2N2O2/c1-18(2,3)12-6-4-5-7-15(12)22-17(24)16(23)21-11-8-9-13(19)14(20)10-11/h4-10H,1-3H3,(H,21,23)(H,22,24). The van der Waals surface area contributed by atoms with Crippen molar-refractivity contribution in [2.45, 2.75) is 26.2 Å². The minimum atomic E-state index is -1.11. The molecule has 0 radical (unpaired) electrons. The minimum Gasteiger partial charge on any atom is -0.318 e. The fourth-order valence-corrected chi connectivity index (χ4v) is 2.19. The van der Waals surface area contributed by atoms with Crippen LogP contribution in [-0.4, -0.2) is 11.8 Å². The van der Waals surface area contributed by atoms with Gasteiger partial charge in [0.2, 0.25) is 0 Å². The lowest BCUT2D eigenvalue weighted by atomic mass is 9.86. The number of hydrogen-bond acceptors (Lipinski definition) is 2. The van der Waals surface area contributed by atoms with Crippen molar-refractivity contribution in [1.82, 2.24) is 0 Å². The summed E-state index contributed by atoms with van der Waals surface area (Å²) in [7, 11) is 0. The van der Waals surface area contributed by atoms with E-state index in [1.807, 2.05) is 32.9 Å². The number of halogens is 2. The molecule has 6 heteroatoms. The molecule has 0 aliphatic rings. The number of amides is 2. The first-order valence-corrected chi connectivity index (χ1v) is 7.35. The molecule has 2 amide bonds. The zero-order chi connectivity index (χ0) is 17.9. The van der Waals surface area contributed by atoms with Crippen LogP contribution in [-0.2, 0) is 15.0 Å². The van der Waals surface area contributed by atoms with Crippen molar-refractivity contribution >= 4 is 23.2 Å². The fourth-order valence-electron chi connectivity index (χ4n) is 2.19. The molecule has 4 nitrogen and oxygen atoms in total. The van der Waals surface area contributed by atoms with Crippen LogP contribution in [0.3, 0.4) is 0 Å². The van der Waals surface area contributed by atoms with Gasteiger partial charge in [-0.2, -0.15) is 0 Å². The van der Waals surface area contributed by atoms with E-state index in [2.05, 4.69) is 10.6 Å². The SMILES string of the molecule is CC(C)(C)c1ccccc1NC(=O)C(=O)Nc1ccc(F)c(F)c1. The molecule has 0 saturated carbocycles. The summed E-state index contributed by atoms with van der Waals surface area (Å²) in [5, 5.41) is 4.77. The maximum atomic E-state index is 13.1. The summed E-state index contributed by atoms with van der Waals surface area (Å²) in [5.74, 6) is -4.00. The molecule has 2 aromatic rings. The van der Waals surface area contributed by atoms with Crippen molar-refractivity contribution in [3.63, 3.8) is 0 Å². The van der Waals surface area contributed by atoms with Crippen LogP contribution in [0.1, 0.15) is 26.3 Å². The molecular weight excluding hydrogens is 314 g/mol. The number of nitrogens with one attached hydrogen (secondary N) is 2. The van der Waals surface area contributed by atoms with Gasteiger partial charge in [-0.05, 0) is 29.2 Å². The van der Waals surface area contributed by atoms with Gasteiger partial charge < -0.3 is 10.6 Å². The maximum absolute atomic E-state index is 13.1. The third-order valence-electron chi connectivity index (χ3n) is 3.37. The summed E-state index contributed by atoms with van der Waals surface area (Å²) in [6.07, 6.45) is 0. The van der Waals surface area contributed by atoms with E-state index in [-0.39, 0.29) is 11.1 Å². The van der Waals surface area contributed by atoms with Gasteiger partial charge in [0, 0.05) is 17.4 Å². The van der Waals surface area contributed by atoms with Gasteiger partial charge in [0.1, 0.15) is 0 Å². The molecule has 0 fully saturated rings. The van der Waals surface area contributed by atoms with Crippen molar-refractivity contribution in [2.24, 2.45) is 0 Å². The van der Waals surface area contributed by atoms with E-state index in [1.165, 1.54) is 6.07 Å². The second kappa shape index (κ2) is 6.78. The number of carbonyl (C=O) groups excluding carboxylic acids is 2. The first kappa shape index (κ1) is 17.6. The highest BCUT2D eigenvalue weighted by atomic mass is 19.2. The molecule has 126 valence electrons. The average molecular weight is 332 g/mol. The summed E-state index contributed by atoms with van der Waals surface area (Å²) in [6, 6.07) is 10.0. The van der Waals surface area contributed by atoms with Gasteiger partial charge in [-0.1, -0.05) is 39.0 Å². The lowest BCUT2D eigenvalue weighted by Crippen LogP contribution is -2.30. The molecular formula is C18H18F2N2O2. The van der Waals surface area contributed by atoms with Crippen LogP contribution >= 0.6 is 0 Å². The highest BCUT2D eigenvalue weighted by molar-refractivity contribution is 6.43. The Morgan fingerprint density at radius 2 is 1.50 bits per heavy atom. The van der Waals surface area contributed by atoms with Crippen LogP contribution < -0.4 is 10.6 Å². The Bertz CT molecular complexity index is 783. The Labute approximate surface area is 138 Å². The topological polar surface area (TPSA) is 58.2 Å². The molecule has 0 aromatic heterocycles. The molecule has 2 N–H and O–H groups in total. The van der Waals surface area contributed by atoms with Crippen LogP contribution in [0.4, 0.5) is 20.2 Å². The minimum absolute atomic E-state index is 0.00171. The Hall–Kier alpha value is -2.76. The van der Waals surface area contributed by atoms with Gasteiger partial charge in [0.05, 0.1) is 0 Å². The zero-order valence-electron chi connectivity index (χ0n) is 13.6. The fraction of sp³-hybridized carbons (Fsp3) is 0.222. The van der Waals surface area contributed by atoms with E-state index in [9.17, 15) is 18.4 Å². The zero-order valence-corrected chi connectivity index (χ0v) is 13.6. The van der Waals surface area contributed by atoms with Gasteiger partial charge >= 0.3 is 11.8 Å².